The second kappa shape index (κ2) is 12.9. The van der Waals surface area contributed by atoms with Crippen molar-refractivity contribution in [3.05, 3.63) is 65.2 Å². The van der Waals surface area contributed by atoms with E-state index >= 15 is 0 Å². The van der Waals surface area contributed by atoms with Crippen LogP contribution in [0.5, 0.6) is 0 Å². The molecule has 1 heterocycles. The van der Waals surface area contributed by atoms with Crippen LogP contribution < -0.4 is 16.1 Å². The Hall–Kier alpha value is -3.37. The van der Waals surface area contributed by atoms with Crippen molar-refractivity contribution in [1.82, 2.24) is 10.6 Å². The number of alkyl carbamates (subject to hydrolysis) is 1. The predicted molar refractivity (Wildman–Crippen MR) is 163 cm³/mol. The van der Waals surface area contributed by atoms with Gasteiger partial charge in [0.2, 0.25) is 0 Å². The van der Waals surface area contributed by atoms with Crippen molar-refractivity contribution in [3.63, 3.8) is 0 Å². The van der Waals surface area contributed by atoms with Crippen LogP contribution in [0.1, 0.15) is 89.7 Å². The minimum atomic E-state index is -1.17. The fraction of sp³-hybridized carbons (Fsp3) is 0.531. The number of hydrogen-bond acceptors (Lipinski definition) is 6. The van der Waals surface area contributed by atoms with E-state index in [-0.39, 0.29) is 24.2 Å². The maximum absolute atomic E-state index is 13.0. The van der Waals surface area contributed by atoms with Gasteiger partial charge in [-0.05, 0) is 83.1 Å². The lowest BCUT2D eigenvalue weighted by atomic mass is 9.77. The summed E-state index contributed by atoms with van der Waals surface area (Å²) in [7, 11) is -0.428. The SMILES string of the molecule is CC(C)[C@@H](CNC(=O)c1ccc(CC(NC(=O)OC(C)(C)C)C(=O)O)cc1)c1ccc(B2OC(C)(C)C(C)(C)O2)cc1. The first kappa shape index (κ1) is 33.1. The molecule has 2 atom stereocenters. The van der Waals surface area contributed by atoms with E-state index in [0.29, 0.717) is 17.7 Å². The Bertz CT molecular complexity index is 1240. The Morgan fingerprint density at radius 3 is 1.95 bits per heavy atom. The third kappa shape index (κ3) is 8.58. The first-order valence-electron chi connectivity index (χ1n) is 14.4. The maximum Gasteiger partial charge on any atom is 0.494 e. The summed E-state index contributed by atoms with van der Waals surface area (Å²) in [5.74, 6) is -1.02. The highest BCUT2D eigenvalue weighted by atomic mass is 16.7. The molecule has 0 radical (unpaired) electrons. The lowest BCUT2D eigenvalue weighted by Gasteiger charge is -2.32. The highest BCUT2D eigenvalue weighted by molar-refractivity contribution is 6.62. The number of rotatable bonds is 10. The van der Waals surface area contributed by atoms with Crippen molar-refractivity contribution in [1.29, 1.82) is 0 Å². The smallest absolute Gasteiger partial charge is 0.480 e. The summed E-state index contributed by atoms with van der Waals surface area (Å²) in [4.78, 5) is 36.7. The summed E-state index contributed by atoms with van der Waals surface area (Å²) >= 11 is 0. The van der Waals surface area contributed by atoms with Crippen LogP contribution in [-0.2, 0) is 25.3 Å². The molecule has 2 aromatic carbocycles. The standard InChI is InChI=1S/C32H45BN2O7/c1-20(2)25(22-14-16-24(17-15-22)33-41-31(6,7)32(8,9)42-33)19-34-27(36)23-12-10-21(11-13-23)18-26(28(37)38)35-29(39)40-30(3,4)5/h10-17,20,25-26H,18-19H2,1-9H3,(H,34,36)(H,35,39)(H,37,38)/t25-,26?/m1/s1. The van der Waals surface area contributed by atoms with Crippen molar-refractivity contribution in [2.24, 2.45) is 5.92 Å². The molecule has 2 aromatic rings. The molecule has 0 spiro atoms. The van der Waals surface area contributed by atoms with Gasteiger partial charge in [-0.2, -0.15) is 0 Å². The van der Waals surface area contributed by atoms with Gasteiger partial charge in [0, 0.05) is 24.4 Å². The van der Waals surface area contributed by atoms with Gasteiger partial charge < -0.3 is 29.8 Å². The molecule has 1 aliphatic rings. The first-order chi connectivity index (χ1) is 19.4. The van der Waals surface area contributed by atoms with Gasteiger partial charge in [0.05, 0.1) is 11.2 Å². The second-order valence-electron chi connectivity index (χ2n) is 13.3. The van der Waals surface area contributed by atoms with Crippen LogP contribution in [0, 0.1) is 5.92 Å². The Balaban J connectivity index is 1.60. The van der Waals surface area contributed by atoms with E-state index in [1.165, 1.54) is 0 Å². The van der Waals surface area contributed by atoms with E-state index in [9.17, 15) is 19.5 Å². The van der Waals surface area contributed by atoms with Gasteiger partial charge >= 0.3 is 19.2 Å². The topological polar surface area (TPSA) is 123 Å². The number of amides is 2. The summed E-state index contributed by atoms with van der Waals surface area (Å²) in [6.45, 7) is 17.9. The number of carboxylic acid groups (broad SMARTS) is 1. The highest BCUT2D eigenvalue weighted by Crippen LogP contribution is 2.36. The third-order valence-corrected chi connectivity index (χ3v) is 7.82. The fourth-order valence-electron chi connectivity index (χ4n) is 4.60. The van der Waals surface area contributed by atoms with E-state index in [0.717, 1.165) is 11.0 Å². The van der Waals surface area contributed by atoms with E-state index < -0.39 is 42.0 Å². The van der Waals surface area contributed by atoms with E-state index in [1.54, 1.807) is 45.0 Å². The van der Waals surface area contributed by atoms with Gasteiger partial charge in [0.25, 0.3) is 5.91 Å². The molecule has 10 heteroatoms. The van der Waals surface area contributed by atoms with Gasteiger partial charge in [-0.15, -0.1) is 0 Å². The van der Waals surface area contributed by atoms with Crippen molar-refractivity contribution in [3.8, 4) is 0 Å². The van der Waals surface area contributed by atoms with Crippen LogP contribution in [0.25, 0.3) is 0 Å². The number of carboxylic acids is 1. The van der Waals surface area contributed by atoms with Gasteiger partial charge in [-0.1, -0.05) is 50.2 Å². The number of hydrogen-bond donors (Lipinski definition) is 3. The molecular formula is C32H45BN2O7. The van der Waals surface area contributed by atoms with Crippen LogP contribution in [0.3, 0.4) is 0 Å². The third-order valence-electron chi connectivity index (χ3n) is 7.82. The van der Waals surface area contributed by atoms with Crippen LogP contribution >= 0.6 is 0 Å². The Labute approximate surface area is 249 Å². The number of benzene rings is 2. The van der Waals surface area contributed by atoms with Crippen LogP contribution in [0.15, 0.2) is 48.5 Å². The Kier molecular flexibility index (Phi) is 10.2. The Morgan fingerprint density at radius 2 is 1.48 bits per heavy atom. The molecule has 3 N–H and O–H groups in total. The molecule has 1 fully saturated rings. The van der Waals surface area contributed by atoms with Crippen LogP contribution in [-0.4, -0.2) is 59.6 Å². The maximum atomic E-state index is 13.0. The molecule has 0 aromatic heterocycles. The molecular weight excluding hydrogens is 535 g/mol. The van der Waals surface area contributed by atoms with Crippen LogP contribution in [0.4, 0.5) is 4.79 Å². The molecule has 0 aliphatic carbocycles. The molecule has 228 valence electrons. The molecule has 3 rings (SSSR count). The average molecular weight is 581 g/mol. The molecule has 1 aliphatic heterocycles. The van der Waals surface area contributed by atoms with Crippen molar-refractivity contribution < 1.29 is 33.5 Å². The van der Waals surface area contributed by atoms with Crippen LogP contribution in [0.2, 0.25) is 0 Å². The lowest BCUT2D eigenvalue weighted by molar-refractivity contribution is -0.139. The van der Waals surface area contributed by atoms with E-state index in [4.69, 9.17) is 14.0 Å². The zero-order valence-corrected chi connectivity index (χ0v) is 26.2. The Morgan fingerprint density at radius 1 is 0.929 bits per heavy atom. The number of nitrogens with one attached hydrogen (secondary N) is 2. The minimum Gasteiger partial charge on any atom is -0.480 e. The first-order valence-corrected chi connectivity index (χ1v) is 14.4. The molecule has 2 amide bonds. The lowest BCUT2D eigenvalue weighted by Crippen LogP contribution is -2.44. The monoisotopic (exact) mass is 580 g/mol. The summed E-state index contributed by atoms with van der Waals surface area (Å²) in [6.07, 6.45) is -0.748. The minimum absolute atomic E-state index is 0.0494. The van der Waals surface area contributed by atoms with Gasteiger partial charge in [-0.25, -0.2) is 9.59 Å². The van der Waals surface area contributed by atoms with Gasteiger partial charge in [0.1, 0.15) is 11.6 Å². The number of carbonyl (C=O) groups excluding carboxylic acids is 2. The van der Waals surface area contributed by atoms with Crippen molar-refractivity contribution >= 4 is 30.6 Å². The summed E-state index contributed by atoms with van der Waals surface area (Å²) in [6, 6.07) is 13.7. The highest BCUT2D eigenvalue weighted by Gasteiger charge is 2.51. The van der Waals surface area contributed by atoms with E-state index in [2.05, 4.69) is 36.6 Å². The summed E-state index contributed by atoms with van der Waals surface area (Å²) in [5, 5.41) is 15.0. The molecule has 0 bridgehead atoms. The van der Waals surface area contributed by atoms with Crippen molar-refractivity contribution in [2.45, 2.75) is 97.5 Å². The molecule has 1 saturated heterocycles. The molecule has 9 nitrogen and oxygen atoms in total. The summed E-state index contributed by atoms with van der Waals surface area (Å²) < 4.78 is 17.5. The van der Waals surface area contributed by atoms with Gasteiger partial charge in [0.15, 0.2) is 0 Å². The van der Waals surface area contributed by atoms with E-state index in [1.807, 2.05) is 39.8 Å². The zero-order chi connectivity index (χ0) is 31.5. The number of aliphatic carboxylic acids is 1. The summed E-state index contributed by atoms with van der Waals surface area (Å²) in [5.41, 5.74) is 1.63. The zero-order valence-electron chi connectivity index (χ0n) is 26.2. The average Bonchev–Trinajstić information content (AvgIpc) is 3.09. The van der Waals surface area contributed by atoms with Crippen molar-refractivity contribution in [2.75, 3.05) is 6.54 Å². The molecule has 1 unspecified atom stereocenters. The number of ether oxygens (including phenoxy) is 1. The molecule has 0 saturated carbocycles. The fourth-order valence-corrected chi connectivity index (χ4v) is 4.60. The quantitative estimate of drug-likeness (QED) is 0.349. The van der Waals surface area contributed by atoms with Gasteiger partial charge in [-0.3, -0.25) is 4.79 Å². The largest absolute Gasteiger partial charge is 0.494 e. The second-order valence-corrected chi connectivity index (χ2v) is 13.3. The molecule has 42 heavy (non-hydrogen) atoms. The normalized spacial score (nSPS) is 17.4. The predicted octanol–water partition coefficient (Wildman–Crippen LogP) is 4.68. The number of carbonyl (C=O) groups is 3.